The van der Waals surface area contributed by atoms with Crippen LogP contribution in [0.25, 0.3) is 0 Å². The number of pyridine rings is 1. The monoisotopic (exact) mass is 339 g/mol. The van der Waals surface area contributed by atoms with Gasteiger partial charge in [-0.2, -0.15) is 0 Å². The Hall–Kier alpha value is -2.63. The molecular formula is C19H18FN3O2. The molecule has 128 valence electrons. The first-order valence-electron chi connectivity index (χ1n) is 8.61. The fraction of sp³-hybridized carbons (Fsp3) is 0.368. The van der Waals surface area contributed by atoms with Gasteiger partial charge in [-0.15, -0.1) is 0 Å². The van der Waals surface area contributed by atoms with Gasteiger partial charge in [0.1, 0.15) is 5.82 Å². The molecule has 5 nitrogen and oxygen atoms in total. The van der Waals surface area contributed by atoms with E-state index in [0.29, 0.717) is 18.4 Å². The standard InChI is InChI=1S/C19H18FN3O2/c20-12-1-3-13(4-2-12)22-19(7-8-19)16-6-5-15-17(21-16)14-9-11(14)10-23(15)18(24)25/h1-6,11,14,22H,7-10H2,(H,24,25)/t11-,14-/m0/s1. The van der Waals surface area contributed by atoms with Crippen molar-refractivity contribution in [2.45, 2.75) is 30.7 Å². The van der Waals surface area contributed by atoms with E-state index in [1.54, 1.807) is 12.1 Å². The SMILES string of the molecule is O=C(O)N1C[C@@H]2C[C@@H]2c2nc(C3(Nc4ccc(F)cc4)CC3)ccc21. The second-order valence-electron chi connectivity index (χ2n) is 7.31. The average molecular weight is 339 g/mol. The molecule has 3 aliphatic rings. The smallest absolute Gasteiger partial charge is 0.411 e. The van der Waals surface area contributed by atoms with Gasteiger partial charge in [-0.25, -0.2) is 9.18 Å². The predicted octanol–water partition coefficient (Wildman–Crippen LogP) is 3.92. The van der Waals surface area contributed by atoms with E-state index in [0.717, 1.165) is 42.0 Å². The summed E-state index contributed by atoms with van der Waals surface area (Å²) in [6.45, 7) is 0.576. The molecule has 1 aromatic carbocycles. The van der Waals surface area contributed by atoms with E-state index in [1.165, 1.54) is 17.0 Å². The molecule has 1 amide bonds. The molecule has 2 heterocycles. The summed E-state index contributed by atoms with van der Waals surface area (Å²) in [4.78, 5) is 17.8. The van der Waals surface area contributed by atoms with Crippen LogP contribution in [0.1, 0.15) is 36.6 Å². The first kappa shape index (κ1) is 14.7. The van der Waals surface area contributed by atoms with E-state index in [2.05, 4.69) is 5.32 Å². The minimum Gasteiger partial charge on any atom is -0.465 e. The number of nitrogens with one attached hydrogen (secondary N) is 1. The highest BCUT2D eigenvalue weighted by molar-refractivity contribution is 5.88. The van der Waals surface area contributed by atoms with Crippen molar-refractivity contribution in [3.63, 3.8) is 0 Å². The summed E-state index contributed by atoms with van der Waals surface area (Å²) < 4.78 is 13.1. The third-order valence-corrected chi connectivity index (χ3v) is 5.58. The van der Waals surface area contributed by atoms with Crippen molar-refractivity contribution in [2.24, 2.45) is 5.92 Å². The Morgan fingerprint density at radius 2 is 2.00 bits per heavy atom. The molecule has 2 fully saturated rings. The Bertz CT molecular complexity index is 863. The van der Waals surface area contributed by atoms with Crippen molar-refractivity contribution in [1.29, 1.82) is 0 Å². The topological polar surface area (TPSA) is 65.5 Å². The van der Waals surface area contributed by atoms with Gasteiger partial charge in [0.05, 0.1) is 22.6 Å². The molecule has 0 spiro atoms. The summed E-state index contributed by atoms with van der Waals surface area (Å²) in [6.07, 6.45) is 2.04. The summed E-state index contributed by atoms with van der Waals surface area (Å²) in [5, 5.41) is 12.9. The lowest BCUT2D eigenvalue weighted by Crippen LogP contribution is -2.35. The maximum atomic E-state index is 13.1. The second kappa shape index (κ2) is 4.94. The first-order valence-corrected chi connectivity index (χ1v) is 8.61. The Balaban J connectivity index is 1.48. The van der Waals surface area contributed by atoms with Crippen molar-refractivity contribution >= 4 is 17.5 Å². The van der Waals surface area contributed by atoms with Crippen LogP contribution in [0.2, 0.25) is 0 Å². The Morgan fingerprint density at radius 1 is 1.24 bits per heavy atom. The number of nitrogens with zero attached hydrogens (tertiary/aromatic N) is 2. The van der Waals surface area contributed by atoms with Crippen molar-refractivity contribution in [3.05, 3.63) is 53.6 Å². The van der Waals surface area contributed by atoms with E-state index < -0.39 is 6.09 Å². The normalized spacial score (nSPS) is 24.9. The maximum absolute atomic E-state index is 13.1. The number of carboxylic acid groups (broad SMARTS) is 1. The van der Waals surface area contributed by atoms with Crippen LogP contribution in [-0.4, -0.2) is 22.7 Å². The molecule has 2 N–H and O–H groups in total. The Labute approximate surface area is 144 Å². The number of halogens is 1. The van der Waals surface area contributed by atoms with Gasteiger partial charge in [0.15, 0.2) is 0 Å². The highest BCUT2D eigenvalue weighted by Crippen LogP contribution is 2.55. The molecule has 1 aliphatic heterocycles. The molecule has 1 aromatic heterocycles. The van der Waals surface area contributed by atoms with Crippen LogP contribution >= 0.6 is 0 Å². The number of benzene rings is 1. The lowest BCUT2D eigenvalue weighted by Gasteiger charge is -2.27. The van der Waals surface area contributed by atoms with Crippen LogP contribution in [-0.2, 0) is 5.54 Å². The molecule has 0 radical (unpaired) electrons. The second-order valence-corrected chi connectivity index (χ2v) is 7.31. The van der Waals surface area contributed by atoms with Gasteiger partial charge in [0.2, 0.25) is 0 Å². The summed E-state index contributed by atoms with van der Waals surface area (Å²) in [5.74, 6) is 0.551. The number of anilines is 2. The van der Waals surface area contributed by atoms with E-state index in [-0.39, 0.29) is 11.4 Å². The fourth-order valence-corrected chi connectivity index (χ4v) is 3.91. The van der Waals surface area contributed by atoms with Crippen molar-refractivity contribution in [3.8, 4) is 0 Å². The fourth-order valence-electron chi connectivity index (χ4n) is 3.91. The maximum Gasteiger partial charge on any atom is 0.411 e. The third kappa shape index (κ3) is 2.35. The van der Waals surface area contributed by atoms with Crippen molar-refractivity contribution in [2.75, 3.05) is 16.8 Å². The van der Waals surface area contributed by atoms with Gasteiger partial charge in [0.25, 0.3) is 0 Å². The molecule has 0 bridgehead atoms. The number of amides is 1. The van der Waals surface area contributed by atoms with Crippen molar-refractivity contribution < 1.29 is 14.3 Å². The summed E-state index contributed by atoms with van der Waals surface area (Å²) in [6, 6.07) is 10.2. The van der Waals surface area contributed by atoms with E-state index in [4.69, 9.17) is 4.98 Å². The lowest BCUT2D eigenvalue weighted by atomic mass is 10.0. The number of carbonyl (C=O) groups is 1. The first-order chi connectivity index (χ1) is 12.1. The van der Waals surface area contributed by atoms with Crippen LogP contribution in [0.3, 0.4) is 0 Å². The minimum absolute atomic E-state index is 0.219. The zero-order valence-corrected chi connectivity index (χ0v) is 13.6. The zero-order chi connectivity index (χ0) is 17.2. The zero-order valence-electron chi connectivity index (χ0n) is 13.6. The molecule has 2 saturated carbocycles. The molecule has 2 atom stereocenters. The largest absolute Gasteiger partial charge is 0.465 e. The molecule has 0 saturated heterocycles. The number of hydrogen-bond donors (Lipinski definition) is 2. The van der Waals surface area contributed by atoms with E-state index in [9.17, 15) is 14.3 Å². The third-order valence-electron chi connectivity index (χ3n) is 5.58. The van der Waals surface area contributed by atoms with Crippen LogP contribution < -0.4 is 10.2 Å². The molecule has 6 heteroatoms. The summed E-state index contributed by atoms with van der Waals surface area (Å²) >= 11 is 0. The van der Waals surface area contributed by atoms with Gasteiger partial charge in [0, 0.05) is 18.2 Å². The van der Waals surface area contributed by atoms with Gasteiger partial charge in [-0.05, 0) is 61.6 Å². The van der Waals surface area contributed by atoms with Crippen LogP contribution in [0, 0.1) is 11.7 Å². The highest BCUT2D eigenvalue weighted by atomic mass is 19.1. The molecule has 2 aromatic rings. The van der Waals surface area contributed by atoms with Crippen molar-refractivity contribution in [1.82, 2.24) is 4.98 Å². The minimum atomic E-state index is -0.910. The number of aromatic nitrogens is 1. The summed E-state index contributed by atoms with van der Waals surface area (Å²) in [7, 11) is 0. The van der Waals surface area contributed by atoms with Crippen LogP contribution in [0.5, 0.6) is 0 Å². The Morgan fingerprint density at radius 3 is 2.68 bits per heavy atom. The van der Waals surface area contributed by atoms with Crippen LogP contribution in [0.4, 0.5) is 20.6 Å². The van der Waals surface area contributed by atoms with Gasteiger partial charge >= 0.3 is 6.09 Å². The van der Waals surface area contributed by atoms with Gasteiger partial charge < -0.3 is 10.4 Å². The highest BCUT2D eigenvalue weighted by Gasteiger charge is 2.50. The predicted molar refractivity (Wildman–Crippen MR) is 91.4 cm³/mol. The quantitative estimate of drug-likeness (QED) is 0.889. The van der Waals surface area contributed by atoms with E-state index >= 15 is 0 Å². The molecule has 2 aliphatic carbocycles. The average Bonchev–Trinajstić information content (AvgIpc) is 3.51. The molecule has 5 rings (SSSR count). The van der Waals surface area contributed by atoms with Gasteiger partial charge in [-0.3, -0.25) is 9.88 Å². The van der Waals surface area contributed by atoms with Crippen LogP contribution in [0.15, 0.2) is 36.4 Å². The summed E-state index contributed by atoms with van der Waals surface area (Å²) in [5.41, 5.74) is 3.25. The Kier molecular flexibility index (Phi) is 2.90. The molecule has 25 heavy (non-hydrogen) atoms. The van der Waals surface area contributed by atoms with E-state index in [1.807, 2.05) is 12.1 Å². The van der Waals surface area contributed by atoms with Gasteiger partial charge in [-0.1, -0.05) is 0 Å². The molecule has 0 unspecified atom stereocenters. The number of hydrogen-bond acceptors (Lipinski definition) is 3. The number of rotatable bonds is 3. The molecular weight excluding hydrogens is 321 g/mol. The lowest BCUT2D eigenvalue weighted by molar-refractivity contribution is 0.201. The number of fused-ring (bicyclic) bond motifs is 3.